The van der Waals surface area contributed by atoms with Crippen molar-refractivity contribution in [2.24, 2.45) is 0 Å². The molecule has 16 heteroatoms. The monoisotopic (exact) mass is 677 g/mol. The molecule has 0 saturated heterocycles. The number of carbonyl (C=O) groups is 2. The molecule has 5 aromatic rings. The van der Waals surface area contributed by atoms with E-state index in [-0.39, 0.29) is 53.7 Å². The number of nitrogens with zero attached hydrogens (tertiary/aromatic N) is 4. The summed E-state index contributed by atoms with van der Waals surface area (Å²) in [5, 5.41) is 15.6. The van der Waals surface area contributed by atoms with Gasteiger partial charge in [-0.25, -0.2) is 18.0 Å². The zero-order valence-electron chi connectivity index (χ0n) is 24.8. The largest absolute Gasteiger partial charge is 0.473 e. The third-order valence-electron chi connectivity index (χ3n) is 6.48. The maximum absolute atomic E-state index is 12.8. The Kier molecular flexibility index (Phi) is 10.6. The fourth-order valence-corrected chi connectivity index (χ4v) is 5.50. The van der Waals surface area contributed by atoms with Crippen LogP contribution in [-0.2, 0) is 25.8 Å². The van der Waals surface area contributed by atoms with Gasteiger partial charge in [-0.3, -0.25) is 9.59 Å². The summed E-state index contributed by atoms with van der Waals surface area (Å²) >= 11 is 6.31. The van der Waals surface area contributed by atoms with E-state index in [0.717, 1.165) is 0 Å². The predicted molar refractivity (Wildman–Crippen MR) is 171 cm³/mol. The Labute approximate surface area is 274 Å². The van der Waals surface area contributed by atoms with Crippen molar-refractivity contribution in [1.29, 1.82) is 0 Å². The highest BCUT2D eigenvalue weighted by molar-refractivity contribution is 7.91. The van der Waals surface area contributed by atoms with Crippen molar-refractivity contribution in [3.63, 3.8) is 0 Å². The fraction of sp³-hybridized carbons (Fsp3) is 0.161. The Hall–Kier alpha value is -5.54. The van der Waals surface area contributed by atoms with Gasteiger partial charge in [0, 0.05) is 19.2 Å². The van der Waals surface area contributed by atoms with Crippen LogP contribution in [0.1, 0.15) is 22.3 Å². The molecule has 5 rings (SSSR count). The van der Waals surface area contributed by atoms with E-state index >= 15 is 0 Å². The molecule has 0 atom stereocenters. The molecule has 0 aliphatic carbocycles. The number of rotatable bonds is 14. The maximum Gasteiger partial charge on any atom is 0.310 e. The smallest absolute Gasteiger partial charge is 0.310 e. The SMILES string of the molecule is CNC(=O)c1ccccc1Nc1nc(Nc2ccc(CC(=O)OCCCOc3nonc3S(=O)(=O)c3ccccc3)cc2)ncc1Cl. The highest BCUT2D eigenvalue weighted by Gasteiger charge is 2.28. The Morgan fingerprint density at radius 2 is 1.66 bits per heavy atom. The first-order valence-corrected chi connectivity index (χ1v) is 16.0. The Morgan fingerprint density at radius 3 is 2.43 bits per heavy atom. The normalized spacial score (nSPS) is 11.0. The number of ether oxygens (including phenoxy) is 2. The number of esters is 1. The summed E-state index contributed by atoms with van der Waals surface area (Å²) in [6.07, 6.45) is 1.75. The molecule has 0 aliphatic rings. The second-order valence-corrected chi connectivity index (χ2v) is 12.0. The van der Waals surface area contributed by atoms with Crippen LogP contribution in [0.4, 0.5) is 23.1 Å². The number of hydrogen-bond acceptors (Lipinski definition) is 13. The van der Waals surface area contributed by atoms with Crippen LogP contribution in [0.25, 0.3) is 0 Å². The van der Waals surface area contributed by atoms with Crippen molar-refractivity contribution in [1.82, 2.24) is 25.6 Å². The number of hydrogen-bond donors (Lipinski definition) is 3. The van der Waals surface area contributed by atoms with E-state index < -0.39 is 20.8 Å². The number of halogens is 1. The second kappa shape index (κ2) is 15.2. The van der Waals surface area contributed by atoms with Crippen molar-refractivity contribution in [2.75, 3.05) is 30.9 Å². The maximum atomic E-state index is 12.8. The average Bonchev–Trinajstić information content (AvgIpc) is 3.57. The molecule has 242 valence electrons. The molecule has 14 nitrogen and oxygen atoms in total. The number of para-hydroxylation sites is 1. The van der Waals surface area contributed by atoms with E-state index in [2.05, 4.69) is 40.9 Å². The molecule has 0 bridgehead atoms. The number of carbonyl (C=O) groups excluding carboxylic acids is 2. The number of benzene rings is 3. The minimum atomic E-state index is -3.97. The van der Waals surface area contributed by atoms with Crippen LogP contribution < -0.4 is 20.7 Å². The lowest BCUT2D eigenvalue weighted by atomic mass is 10.1. The number of nitrogens with one attached hydrogen (secondary N) is 3. The summed E-state index contributed by atoms with van der Waals surface area (Å²) in [7, 11) is -2.42. The molecule has 2 heterocycles. The lowest BCUT2D eigenvalue weighted by Gasteiger charge is -2.13. The van der Waals surface area contributed by atoms with Gasteiger partial charge in [-0.05, 0) is 52.3 Å². The number of amides is 1. The number of aromatic nitrogens is 4. The average molecular weight is 678 g/mol. The first kappa shape index (κ1) is 32.8. The summed E-state index contributed by atoms with van der Waals surface area (Å²) in [5.41, 5.74) is 2.33. The molecule has 0 spiro atoms. The van der Waals surface area contributed by atoms with Gasteiger partial charge in [-0.1, -0.05) is 54.1 Å². The van der Waals surface area contributed by atoms with E-state index in [9.17, 15) is 18.0 Å². The van der Waals surface area contributed by atoms with Crippen LogP contribution in [0.5, 0.6) is 5.88 Å². The van der Waals surface area contributed by atoms with Gasteiger partial charge >= 0.3 is 5.97 Å². The minimum Gasteiger partial charge on any atom is -0.473 e. The van der Waals surface area contributed by atoms with E-state index in [1.54, 1.807) is 73.8 Å². The van der Waals surface area contributed by atoms with Gasteiger partial charge in [-0.15, -0.1) is 0 Å². The van der Waals surface area contributed by atoms with Crippen LogP contribution in [0.2, 0.25) is 5.02 Å². The molecule has 2 aromatic heterocycles. The molecule has 3 N–H and O–H groups in total. The predicted octanol–water partition coefficient (Wildman–Crippen LogP) is 4.75. The summed E-state index contributed by atoms with van der Waals surface area (Å²) in [6, 6.07) is 21.7. The molecule has 0 aliphatic heterocycles. The zero-order chi connectivity index (χ0) is 33.2. The topological polar surface area (TPSA) is 188 Å². The molecule has 0 fully saturated rings. The first-order chi connectivity index (χ1) is 22.7. The van der Waals surface area contributed by atoms with Gasteiger partial charge < -0.3 is 25.4 Å². The zero-order valence-corrected chi connectivity index (χ0v) is 26.4. The van der Waals surface area contributed by atoms with E-state index in [0.29, 0.717) is 28.3 Å². The van der Waals surface area contributed by atoms with Crippen molar-refractivity contribution >= 4 is 56.5 Å². The van der Waals surface area contributed by atoms with Crippen LogP contribution in [0.15, 0.2) is 99.6 Å². The number of anilines is 4. The molecular formula is C31H28ClN7O7S. The van der Waals surface area contributed by atoms with Crippen molar-refractivity contribution < 1.29 is 32.1 Å². The Morgan fingerprint density at radius 1 is 0.915 bits per heavy atom. The van der Waals surface area contributed by atoms with Gasteiger partial charge in [0.25, 0.3) is 16.8 Å². The van der Waals surface area contributed by atoms with E-state index in [1.807, 2.05) is 0 Å². The number of sulfone groups is 1. The van der Waals surface area contributed by atoms with E-state index in [1.165, 1.54) is 18.3 Å². The fourth-order valence-electron chi connectivity index (χ4n) is 4.17. The van der Waals surface area contributed by atoms with Crippen LogP contribution in [0.3, 0.4) is 0 Å². The Balaban J connectivity index is 1.08. The summed E-state index contributed by atoms with van der Waals surface area (Å²) < 4.78 is 40.8. The van der Waals surface area contributed by atoms with Gasteiger partial charge in [0.05, 0.1) is 42.0 Å². The van der Waals surface area contributed by atoms with Crippen molar-refractivity contribution in [3.05, 3.63) is 101 Å². The van der Waals surface area contributed by atoms with Gasteiger partial charge in [0.2, 0.25) is 15.8 Å². The second-order valence-electron chi connectivity index (χ2n) is 9.75. The molecule has 0 radical (unpaired) electrons. The van der Waals surface area contributed by atoms with Crippen LogP contribution >= 0.6 is 11.6 Å². The van der Waals surface area contributed by atoms with Gasteiger partial charge in [-0.2, -0.15) is 4.98 Å². The molecule has 0 saturated carbocycles. The van der Waals surface area contributed by atoms with E-state index in [4.69, 9.17) is 21.1 Å². The molecular weight excluding hydrogens is 650 g/mol. The third kappa shape index (κ3) is 8.39. The third-order valence-corrected chi connectivity index (χ3v) is 8.41. The molecule has 47 heavy (non-hydrogen) atoms. The van der Waals surface area contributed by atoms with Crippen molar-refractivity contribution in [3.8, 4) is 5.88 Å². The summed E-state index contributed by atoms with van der Waals surface area (Å²) in [4.78, 5) is 33.3. The lowest BCUT2D eigenvalue weighted by molar-refractivity contribution is -0.143. The Bertz CT molecular complexity index is 1960. The summed E-state index contributed by atoms with van der Waals surface area (Å²) in [6.45, 7) is 0.0616. The quantitative estimate of drug-likeness (QED) is 0.108. The minimum absolute atomic E-state index is 0.0176. The van der Waals surface area contributed by atoms with Crippen LogP contribution in [0, 0.1) is 0 Å². The first-order valence-electron chi connectivity index (χ1n) is 14.1. The van der Waals surface area contributed by atoms with Gasteiger partial charge in [0.1, 0.15) is 5.02 Å². The van der Waals surface area contributed by atoms with Gasteiger partial charge in [0.15, 0.2) is 5.82 Å². The molecule has 1 amide bonds. The molecule has 3 aromatic carbocycles. The standard InChI is InChI=1S/C31H28ClN7O7S/c1-33-28(41)23-10-5-6-11-25(23)36-27-24(32)19-34-31(37-27)35-21-14-12-20(13-15-21)18-26(40)44-16-7-17-45-29-30(39-46-38-29)47(42,43)22-8-3-2-4-9-22/h2-6,8-15,19H,7,16-18H2,1H3,(H,33,41)(H2,34,35,36,37). The highest BCUT2D eigenvalue weighted by atomic mass is 35.5. The molecule has 0 unspecified atom stereocenters. The lowest BCUT2D eigenvalue weighted by Crippen LogP contribution is -2.19. The summed E-state index contributed by atoms with van der Waals surface area (Å²) in [5.74, 6) is -0.412. The van der Waals surface area contributed by atoms with Crippen LogP contribution in [-0.4, -0.2) is 60.8 Å². The van der Waals surface area contributed by atoms with Crippen molar-refractivity contribution in [2.45, 2.75) is 22.8 Å². The highest BCUT2D eigenvalue weighted by Crippen LogP contribution is 2.28.